The van der Waals surface area contributed by atoms with Gasteiger partial charge in [0.05, 0.1) is 5.39 Å². The number of thiophene rings is 1. The van der Waals surface area contributed by atoms with Crippen LogP contribution in [0.1, 0.15) is 43.6 Å². The molecule has 0 aliphatic heterocycles. The van der Waals surface area contributed by atoms with Gasteiger partial charge in [0.2, 0.25) is 0 Å². The number of aryl methyl sites for hydroxylation is 1. The molecule has 2 heterocycles. The Balaban J connectivity index is 1.46. The molecule has 0 unspecified atom stereocenters. The normalized spacial score (nSPS) is 12.5. The first-order valence-corrected chi connectivity index (χ1v) is 12.8. The summed E-state index contributed by atoms with van der Waals surface area (Å²) in [7, 11) is 0. The second-order valence-corrected chi connectivity index (χ2v) is 10.3. The number of nitrogens with one attached hydrogen (secondary N) is 1. The van der Waals surface area contributed by atoms with E-state index in [-0.39, 0.29) is 11.6 Å². The highest BCUT2D eigenvalue weighted by Gasteiger charge is 2.29. The third-order valence-corrected chi connectivity index (χ3v) is 7.97. The summed E-state index contributed by atoms with van der Waals surface area (Å²) in [4.78, 5) is 37.4. The van der Waals surface area contributed by atoms with Crippen molar-refractivity contribution in [3.8, 4) is 11.1 Å². The number of benzene rings is 3. The largest absolute Gasteiger partial charge is 0.340 e. The Morgan fingerprint density at radius 3 is 2.26 bits per heavy atom. The molecule has 0 spiro atoms. The fourth-order valence-corrected chi connectivity index (χ4v) is 5.92. The zero-order valence-corrected chi connectivity index (χ0v) is 21.0. The van der Waals surface area contributed by atoms with Crippen molar-refractivity contribution in [3.63, 3.8) is 0 Å². The molecule has 1 N–H and O–H groups in total. The number of carbonyl (C=O) groups is 2. The molecule has 0 atom stereocenters. The van der Waals surface area contributed by atoms with E-state index in [1.54, 1.807) is 54.1 Å². The third-order valence-electron chi connectivity index (χ3n) is 6.20. The fourth-order valence-electron chi connectivity index (χ4n) is 4.56. The van der Waals surface area contributed by atoms with E-state index in [1.807, 2.05) is 18.2 Å². The van der Waals surface area contributed by atoms with Crippen LogP contribution in [0.25, 0.3) is 21.3 Å². The first-order chi connectivity index (χ1) is 17.0. The molecule has 0 fully saturated rings. The van der Waals surface area contributed by atoms with Crippen molar-refractivity contribution in [1.29, 1.82) is 0 Å². The van der Waals surface area contributed by atoms with E-state index in [0.717, 1.165) is 32.2 Å². The number of rotatable bonds is 4. The van der Waals surface area contributed by atoms with E-state index in [9.17, 15) is 9.59 Å². The highest BCUT2D eigenvalue weighted by molar-refractivity contribution is 9.10. The van der Waals surface area contributed by atoms with E-state index in [1.165, 1.54) is 4.88 Å². The van der Waals surface area contributed by atoms with E-state index < -0.39 is 0 Å². The third kappa shape index (κ3) is 3.59. The van der Waals surface area contributed by atoms with Gasteiger partial charge < -0.3 is 5.32 Å². The van der Waals surface area contributed by atoms with Crippen LogP contribution in [0.3, 0.4) is 0 Å². The van der Waals surface area contributed by atoms with Gasteiger partial charge >= 0.3 is 0 Å². The van der Waals surface area contributed by atoms with Gasteiger partial charge in [0.1, 0.15) is 17.0 Å². The van der Waals surface area contributed by atoms with E-state index in [2.05, 4.69) is 50.3 Å². The van der Waals surface area contributed by atoms with Gasteiger partial charge in [-0.2, -0.15) is 0 Å². The molecule has 6 rings (SSSR count). The van der Waals surface area contributed by atoms with Gasteiger partial charge in [-0.25, -0.2) is 9.97 Å². The molecule has 1 aliphatic rings. The van der Waals surface area contributed by atoms with Gasteiger partial charge in [-0.15, -0.1) is 11.3 Å². The summed E-state index contributed by atoms with van der Waals surface area (Å²) in [6.45, 7) is 2.14. The predicted molar refractivity (Wildman–Crippen MR) is 143 cm³/mol. The molecule has 5 nitrogen and oxygen atoms in total. The standard InChI is InChI=1S/C28H18BrN3O2S/c1-2-22-23(15-7-9-16(29)10-8-15)24-27(30-14-31-28(24)35-22)32-17-11-12-20-21(13-17)26(34)19-6-4-3-5-18(19)25(20)33/h3-14H,2H2,1H3,(H,30,31,32). The molecular formula is C28H18BrN3O2S. The van der Waals surface area contributed by atoms with E-state index >= 15 is 0 Å². The van der Waals surface area contributed by atoms with E-state index in [4.69, 9.17) is 0 Å². The molecule has 35 heavy (non-hydrogen) atoms. The van der Waals surface area contributed by atoms with Crippen LogP contribution >= 0.6 is 27.3 Å². The van der Waals surface area contributed by atoms with Gasteiger partial charge in [-0.05, 0) is 42.3 Å². The van der Waals surface area contributed by atoms with Crippen LogP contribution in [0.5, 0.6) is 0 Å². The second-order valence-electron chi connectivity index (χ2n) is 8.25. The van der Waals surface area contributed by atoms with Crippen molar-refractivity contribution in [3.05, 3.63) is 105 Å². The first kappa shape index (κ1) is 21.8. The van der Waals surface area contributed by atoms with Crippen LogP contribution in [0.2, 0.25) is 0 Å². The molecule has 0 saturated carbocycles. The Hall–Kier alpha value is -3.68. The fraction of sp³-hybridized carbons (Fsp3) is 0.0714. The lowest BCUT2D eigenvalue weighted by Gasteiger charge is -2.18. The number of fused-ring (bicyclic) bond motifs is 3. The Morgan fingerprint density at radius 1 is 0.857 bits per heavy atom. The number of halogens is 1. The van der Waals surface area contributed by atoms with Gasteiger partial charge in [-0.3, -0.25) is 9.59 Å². The van der Waals surface area contributed by atoms with Crippen LogP contribution in [0, 0.1) is 0 Å². The summed E-state index contributed by atoms with van der Waals surface area (Å²) in [5, 5.41) is 4.34. The van der Waals surface area contributed by atoms with Crippen LogP contribution in [-0.2, 0) is 6.42 Å². The number of carbonyl (C=O) groups excluding carboxylic acids is 2. The highest BCUT2D eigenvalue weighted by atomic mass is 79.9. The summed E-state index contributed by atoms with van der Waals surface area (Å²) >= 11 is 5.18. The van der Waals surface area contributed by atoms with Gasteiger partial charge in [-0.1, -0.05) is 59.3 Å². The average molecular weight is 540 g/mol. The Kier molecular flexibility index (Phi) is 5.31. The number of hydrogen-bond acceptors (Lipinski definition) is 6. The zero-order valence-electron chi connectivity index (χ0n) is 18.6. The maximum Gasteiger partial charge on any atom is 0.194 e. The summed E-state index contributed by atoms with van der Waals surface area (Å²) in [5.41, 5.74) is 4.61. The molecule has 0 amide bonds. The second kappa shape index (κ2) is 8.52. The van der Waals surface area contributed by atoms with E-state index in [0.29, 0.717) is 33.8 Å². The number of nitrogens with zero attached hydrogens (tertiary/aromatic N) is 2. The van der Waals surface area contributed by atoms with Crippen molar-refractivity contribution in [1.82, 2.24) is 9.97 Å². The van der Waals surface area contributed by atoms with Crippen LogP contribution < -0.4 is 5.32 Å². The summed E-state index contributed by atoms with van der Waals surface area (Å²) < 4.78 is 1.02. The van der Waals surface area contributed by atoms with Crippen LogP contribution in [0.15, 0.2) is 77.5 Å². The maximum atomic E-state index is 13.2. The molecule has 170 valence electrons. The molecule has 0 bridgehead atoms. The van der Waals surface area contributed by atoms with Crippen molar-refractivity contribution in [2.45, 2.75) is 13.3 Å². The summed E-state index contributed by atoms with van der Waals surface area (Å²) in [5.74, 6) is 0.388. The molecule has 7 heteroatoms. The number of ketones is 2. The number of hydrogen-bond donors (Lipinski definition) is 1. The highest BCUT2D eigenvalue weighted by Crippen LogP contribution is 2.42. The molecule has 0 radical (unpaired) electrons. The molecule has 5 aromatic rings. The number of anilines is 2. The predicted octanol–water partition coefficient (Wildman–Crippen LogP) is 7.20. The summed E-state index contributed by atoms with van der Waals surface area (Å²) in [6, 6.07) is 20.5. The van der Waals surface area contributed by atoms with Crippen LogP contribution in [0.4, 0.5) is 11.5 Å². The average Bonchev–Trinajstić information content (AvgIpc) is 3.27. The Bertz CT molecular complexity index is 1660. The summed E-state index contributed by atoms with van der Waals surface area (Å²) in [6.07, 6.45) is 2.43. The van der Waals surface area contributed by atoms with Crippen molar-refractivity contribution >= 4 is 60.6 Å². The first-order valence-electron chi connectivity index (χ1n) is 11.2. The lowest BCUT2D eigenvalue weighted by atomic mass is 9.84. The van der Waals surface area contributed by atoms with Crippen LogP contribution in [-0.4, -0.2) is 21.5 Å². The Morgan fingerprint density at radius 2 is 1.54 bits per heavy atom. The monoisotopic (exact) mass is 539 g/mol. The van der Waals surface area contributed by atoms with Crippen molar-refractivity contribution < 1.29 is 9.59 Å². The SMILES string of the molecule is CCc1sc2ncnc(Nc3ccc4c(c3)C(=O)c3ccccc3C4=O)c2c1-c1ccc(Br)cc1. The van der Waals surface area contributed by atoms with Crippen molar-refractivity contribution in [2.75, 3.05) is 5.32 Å². The molecule has 0 saturated heterocycles. The topological polar surface area (TPSA) is 72.0 Å². The lowest BCUT2D eigenvalue weighted by molar-refractivity contribution is 0.0979. The molecule has 3 aromatic carbocycles. The van der Waals surface area contributed by atoms with Crippen molar-refractivity contribution in [2.24, 2.45) is 0 Å². The number of aromatic nitrogens is 2. The maximum absolute atomic E-state index is 13.2. The quantitative estimate of drug-likeness (QED) is 0.256. The Labute approximate surface area is 214 Å². The van der Waals surface area contributed by atoms with Gasteiger partial charge in [0.25, 0.3) is 0 Å². The van der Waals surface area contributed by atoms with Gasteiger partial charge in [0.15, 0.2) is 11.6 Å². The minimum absolute atomic E-state index is 0.130. The minimum atomic E-state index is -0.147. The zero-order chi connectivity index (χ0) is 24.1. The lowest BCUT2D eigenvalue weighted by Crippen LogP contribution is -2.20. The van der Waals surface area contributed by atoms with Gasteiger partial charge in [0, 0.05) is 42.9 Å². The molecular weight excluding hydrogens is 522 g/mol. The molecule has 1 aliphatic carbocycles. The smallest absolute Gasteiger partial charge is 0.194 e. The minimum Gasteiger partial charge on any atom is -0.340 e. The molecule has 2 aromatic heterocycles.